The van der Waals surface area contributed by atoms with Gasteiger partial charge in [-0.2, -0.15) is 5.26 Å². The normalized spacial score (nSPS) is 15.7. The van der Waals surface area contributed by atoms with Crippen LogP contribution < -0.4 is 10.6 Å². The average molecular weight is 270 g/mol. The molecule has 0 aromatic carbocycles. The number of aromatic nitrogens is 1. The summed E-state index contributed by atoms with van der Waals surface area (Å²) in [6.07, 6.45) is 9.53. The van der Waals surface area contributed by atoms with Crippen molar-refractivity contribution in [3.05, 3.63) is 41.9 Å². The molecule has 1 aliphatic rings. The second kappa shape index (κ2) is 7.29. The number of hydrogen-bond acceptors (Lipinski definition) is 4. The fourth-order valence-electron chi connectivity index (χ4n) is 2.22. The second-order valence-corrected chi connectivity index (χ2v) is 4.86. The summed E-state index contributed by atoms with van der Waals surface area (Å²) in [6, 6.07) is 6.01. The quantitative estimate of drug-likeness (QED) is 0.630. The zero-order valence-electron chi connectivity index (χ0n) is 11.3. The molecule has 1 fully saturated rings. The van der Waals surface area contributed by atoms with Gasteiger partial charge >= 0.3 is 0 Å². The largest absolute Gasteiger partial charge is 0.387 e. The van der Waals surface area contributed by atoms with Gasteiger partial charge in [0.15, 0.2) is 0 Å². The highest BCUT2D eigenvalue weighted by atomic mass is 16.1. The molecule has 0 unspecified atom stereocenters. The number of pyridine rings is 1. The lowest BCUT2D eigenvalue weighted by Crippen LogP contribution is -2.27. The number of nitriles is 1. The monoisotopic (exact) mass is 270 g/mol. The maximum Gasteiger partial charge on any atom is 0.263 e. The van der Waals surface area contributed by atoms with Crippen molar-refractivity contribution in [2.24, 2.45) is 0 Å². The van der Waals surface area contributed by atoms with E-state index in [-0.39, 0.29) is 11.5 Å². The van der Waals surface area contributed by atoms with Crippen LogP contribution in [0.25, 0.3) is 0 Å². The fourth-order valence-corrected chi connectivity index (χ4v) is 2.22. The third-order valence-corrected chi connectivity index (χ3v) is 3.36. The molecule has 0 spiro atoms. The molecule has 2 rings (SSSR count). The molecule has 5 heteroatoms. The van der Waals surface area contributed by atoms with Crippen molar-refractivity contribution in [3.8, 4) is 6.07 Å². The molecule has 1 heterocycles. The van der Waals surface area contributed by atoms with Crippen molar-refractivity contribution in [1.29, 1.82) is 5.26 Å². The molecule has 2 N–H and O–H groups in total. The van der Waals surface area contributed by atoms with E-state index >= 15 is 0 Å². The third kappa shape index (κ3) is 4.09. The first-order valence-corrected chi connectivity index (χ1v) is 6.83. The highest BCUT2D eigenvalue weighted by Gasteiger charge is 2.14. The Morgan fingerprint density at radius 2 is 2.30 bits per heavy atom. The van der Waals surface area contributed by atoms with Crippen LogP contribution in [0.5, 0.6) is 0 Å². The molecule has 1 amide bonds. The lowest BCUT2D eigenvalue weighted by Gasteiger charge is -2.09. The minimum Gasteiger partial charge on any atom is -0.387 e. The summed E-state index contributed by atoms with van der Waals surface area (Å²) >= 11 is 0. The molecule has 1 aromatic rings. The van der Waals surface area contributed by atoms with Gasteiger partial charge in [0.1, 0.15) is 11.6 Å². The Labute approximate surface area is 118 Å². The van der Waals surface area contributed by atoms with E-state index in [4.69, 9.17) is 5.26 Å². The molecule has 0 radical (unpaired) electrons. The zero-order chi connectivity index (χ0) is 14.2. The van der Waals surface area contributed by atoms with Crippen LogP contribution in [0.4, 0.5) is 0 Å². The number of hydrogen-bond donors (Lipinski definition) is 2. The smallest absolute Gasteiger partial charge is 0.263 e. The van der Waals surface area contributed by atoms with Crippen LogP contribution in [0.2, 0.25) is 0 Å². The molecular weight excluding hydrogens is 252 g/mol. The van der Waals surface area contributed by atoms with E-state index in [1.165, 1.54) is 19.0 Å². The summed E-state index contributed by atoms with van der Waals surface area (Å²) in [5.41, 5.74) is 1.02. The number of amides is 1. The van der Waals surface area contributed by atoms with Crippen molar-refractivity contribution in [1.82, 2.24) is 15.6 Å². The molecule has 0 aliphatic heterocycles. The number of carbonyl (C=O) groups excluding carboxylic acids is 1. The molecule has 1 saturated carbocycles. The van der Waals surface area contributed by atoms with Crippen LogP contribution in [-0.2, 0) is 11.3 Å². The summed E-state index contributed by atoms with van der Waals surface area (Å²) in [7, 11) is 0. The lowest BCUT2D eigenvalue weighted by atomic mass is 10.2. The minimum absolute atomic E-state index is 0.112. The Morgan fingerprint density at radius 1 is 1.50 bits per heavy atom. The van der Waals surface area contributed by atoms with Gasteiger partial charge in [-0.15, -0.1) is 0 Å². The summed E-state index contributed by atoms with van der Waals surface area (Å²) < 4.78 is 0. The van der Waals surface area contributed by atoms with E-state index in [1.807, 2.05) is 18.2 Å². The van der Waals surface area contributed by atoms with Gasteiger partial charge < -0.3 is 10.6 Å². The van der Waals surface area contributed by atoms with Crippen LogP contribution in [0.15, 0.2) is 36.3 Å². The van der Waals surface area contributed by atoms with Gasteiger partial charge in [-0.05, 0) is 24.5 Å². The van der Waals surface area contributed by atoms with E-state index in [0.717, 1.165) is 18.4 Å². The standard InChI is InChI=1S/C15H18N4O/c16-8-13(11-18-14-5-1-2-6-14)15(20)19-10-12-4-3-7-17-9-12/h3-4,7,9,11,14,18H,1-2,5-6,10H2,(H,19,20)/b13-11-. The molecule has 5 nitrogen and oxygen atoms in total. The highest BCUT2D eigenvalue weighted by molar-refractivity contribution is 5.97. The van der Waals surface area contributed by atoms with Crippen LogP contribution in [-0.4, -0.2) is 16.9 Å². The van der Waals surface area contributed by atoms with Crippen molar-refractivity contribution >= 4 is 5.91 Å². The van der Waals surface area contributed by atoms with Gasteiger partial charge in [0.05, 0.1) is 0 Å². The first-order valence-electron chi connectivity index (χ1n) is 6.83. The first-order chi connectivity index (χ1) is 9.79. The maximum absolute atomic E-state index is 11.9. The first kappa shape index (κ1) is 14.1. The highest BCUT2D eigenvalue weighted by Crippen LogP contribution is 2.17. The molecular formula is C15H18N4O. The predicted molar refractivity (Wildman–Crippen MR) is 75.2 cm³/mol. The lowest BCUT2D eigenvalue weighted by molar-refractivity contribution is -0.117. The third-order valence-electron chi connectivity index (χ3n) is 3.36. The SMILES string of the molecule is N#C/C(=C/NC1CCCC1)C(=O)NCc1cccnc1. The summed E-state index contributed by atoms with van der Waals surface area (Å²) in [5.74, 6) is -0.359. The van der Waals surface area contributed by atoms with E-state index < -0.39 is 0 Å². The number of carbonyl (C=O) groups is 1. The van der Waals surface area contributed by atoms with Gasteiger partial charge in [-0.25, -0.2) is 0 Å². The topological polar surface area (TPSA) is 77.8 Å². The van der Waals surface area contributed by atoms with Crippen molar-refractivity contribution in [2.75, 3.05) is 0 Å². The molecule has 0 saturated heterocycles. The Bertz CT molecular complexity index is 512. The van der Waals surface area contributed by atoms with Crippen molar-refractivity contribution in [2.45, 2.75) is 38.3 Å². The molecule has 1 aliphatic carbocycles. The summed E-state index contributed by atoms with van der Waals surface area (Å²) in [5, 5.41) is 14.9. The Balaban J connectivity index is 1.85. The van der Waals surface area contributed by atoms with Crippen LogP contribution in [0.1, 0.15) is 31.2 Å². The number of rotatable bonds is 5. The molecule has 1 aromatic heterocycles. The molecule has 0 atom stereocenters. The Hall–Kier alpha value is -2.35. The van der Waals surface area contributed by atoms with Crippen molar-refractivity contribution < 1.29 is 4.79 Å². The van der Waals surface area contributed by atoms with E-state index in [2.05, 4.69) is 15.6 Å². The molecule has 104 valence electrons. The van der Waals surface area contributed by atoms with Gasteiger partial charge in [0, 0.05) is 31.2 Å². The van der Waals surface area contributed by atoms with E-state index in [0.29, 0.717) is 12.6 Å². The van der Waals surface area contributed by atoms with Crippen LogP contribution >= 0.6 is 0 Å². The summed E-state index contributed by atoms with van der Waals surface area (Å²) in [4.78, 5) is 15.9. The molecule has 20 heavy (non-hydrogen) atoms. The number of nitrogens with one attached hydrogen (secondary N) is 2. The fraction of sp³-hybridized carbons (Fsp3) is 0.400. The Kier molecular flexibility index (Phi) is 5.13. The van der Waals surface area contributed by atoms with Crippen LogP contribution in [0, 0.1) is 11.3 Å². The summed E-state index contributed by atoms with van der Waals surface area (Å²) in [6.45, 7) is 0.370. The zero-order valence-corrected chi connectivity index (χ0v) is 11.3. The van der Waals surface area contributed by atoms with Gasteiger partial charge in [0.25, 0.3) is 5.91 Å². The maximum atomic E-state index is 11.9. The van der Waals surface area contributed by atoms with E-state index in [9.17, 15) is 4.79 Å². The minimum atomic E-state index is -0.359. The van der Waals surface area contributed by atoms with E-state index in [1.54, 1.807) is 12.4 Å². The van der Waals surface area contributed by atoms with Crippen LogP contribution in [0.3, 0.4) is 0 Å². The van der Waals surface area contributed by atoms with Gasteiger partial charge in [0.2, 0.25) is 0 Å². The number of nitrogens with zero attached hydrogens (tertiary/aromatic N) is 2. The average Bonchev–Trinajstić information content (AvgIpc) is 3.00. The van der Waals surface area contributed by atoms with Gasteiger partial charge in [-0.1, -0.05) is 18.9 Å². The predicted octanol–water partition coefficient (Wildman–Crippen LogP) is 1.64. The Morgan fingerprint density at radius 3 is 2.95 bits per heavy atom. The second-order valence-electron chi connectivity index (χ2n) is 4.86. The molecule has 0 bridgehead atoms. The van der Waals surface area contributed by atoms with Gasteiger partial charge in [-0.3, -0.25) is 9.78 Å². The van der Waals surface area contributed by atoms with Crippen molar-refractivity contribution in [3.63, 3.8) is 0 Å².